The smallest absolute Gasteiger partial charge is 0.163 e. The molecule has 0 aliphatic rings. The van der Waals surface area contributed by atoms with Gasteiger partial charge in [0.1, 0.15) is 18.8 Å². The molecule has 0 spiro atoms. The molecule has 1 heterocycles. The third-order valence-electron chi connectivity index (χ3n) is 4.04. The van der Waals surface area contributed by atoms with E-state index in [1.165, 1.54) is 6.33 Å². The molecule has 2 aromatic carbocycles. The number of hydrogen-bond donors (Lipinski definition) is 2. The predicted molar refractivity (Wildman–Crippen MR) is 113 cm³/mol. The van der Waals surface area contributed by atoms with Gasteiger partial charge in [-0.25, -0.2) is 14.2 Å². The first kappa shape index (κ1) is 19.9. The standard InChI is InChI=1S/C20H24N4O3S/c1-13(2)24-20-16-9-18(26-3)19(10-17(16)22-12-23-20)27-11-14-6-5-7-15(8-14)28(4,21)25/h5-10,12-13H,4,11H2,1-3H3,(H2,21,25)(H,22,23,24). The number of aromatic nitrogens is 2. The van der Waals surface area contributed by atoms with Crippen molar-refractivity contribution in [2.24, 2.45) is 5.14 Å². The maximum absolute atomic E-state index is 12.0. The van der Waals surface area contributed by atoms with Crippen LogP contribution in [-0.4, -0.2) is 33.2 Å². The number of methoxy groups -OCH3 is 1. The highest BCUT2D eigenvalue weighted by atomic mass is 32.2. The van der Waals surface area contributed by atoms with E-state index in [0.29, 0.717) is 16.4 Å². The minimum atomic E-state index is -2.77. The molecule has 3 aromatic rings. The third kappa shape index (κ3) is 4.52. The van der Waals surface area contributed by atoms with Crippen molar-refractivity contribution >= 4 is 32.3 Å². The third-order valence-corrected chi connectivity index (χ3v) is 5.09. The van der Waals surface area contributed by atoms with E-state index in [0.717, 1.165) is 22.3 Å². The van der Waals surface area contributed by atoms with Crippen molar-refractivity contribution in [3.8, 4) is 11.5 Å². The van der Waals surface area contributed by atoms with Gasteiger partial charge in [-0.05, 0) is 43.5 Å². The highest BCUT2D eigenvalue weighted by molar-refractivity contribution is 7.98. The van der Waals surface area contributed by atoms with Crippen molar-refractivity contribution in [2.75, 3.05) is 12.4 Å². The maximum atomic E-state index is 12.0. The lowest BCUT2D eigenvalue weighted by molar-refractivity contribution is 0.285. The fourth-order valence-corrected chi connectivity index (χ4v) is 3.40. The zero-order valence-electron chi connectivity index (χ0n) is 16.1. The largest absolute Gasteiger partial charge is 0.493 e. The zero-order valence-corrected chi connectivity index (χ0v) is 17.0. The number of benzene rings is 2. The summed E-state index contributed by atoms with van der Waals surface area (Å²) in [6.45, 7) is 4.35. The van der Waals surface area contributed by atoms with Crippen LogP contribution in [0.4, 0.5) is 5.82 Å². The van der Waals surface area contributed by atoms with Gasteiger partial charge in [-0.3, -0.25) is 5.14 Å². The van der Waals surface area contributed by atoms with Crippen LogP contribution < -0.4 is 19.9 Å². The van der Waals surface area contributed by atoms with Crippen LogP contribution in [0, 0.1) is 0 Å². The van der Waals surface area contributed by atoms with E-state index in [9.17, 15) is 4.21 Å². The van der Waals surface area contributed by atoms with Crippen molar-refractivity contribution in [2.45, 2.75) is 31.4 Å². The molecule has 0 aliphatic carbocycles. The van der Waals surface area contributed by atoms with Gasteiger partial charge >= 0.3 is 0 Å². The Bertz CT molecular complexity index is 1100. The summed E-state index contributed by atoms with van der Waals surface area (Å²) in [7, 11) is -1.19. The highest BCUT2D eigenvalue weighted by Gasteiger charge is 2.13. The lowest BCUT2D eigenvalue weighted by atomic mass is 10.2. The zero-order chi connectivity index (χ0) is 20.3. The molecule has 8 heteroatoms. The van der Waals surface area contributed by atoms with E-state index >= 15 is 0 Å². The van der Waals surface area contributed by atoms with Crippen molar-refractivity contribution in [1.29, 1.82) is 0 Å². The van der Waals surface area contributed by atoms with Crippen LogP contribution in [0.15, 0.2) is 47.6 Å². The molecule has 0 fully saturated rings. The van der Waals surface area contributed by atoms with Crippen LogP contribution in [-0.2, 0) is 16.3 Å². The van der Waals surface area contributed by atoms with Gasteiger partial charge in [-0.15, -0.1) is 0 Å². The Morgan fingerprint density at radius 3 is 2.68 bits per heavy atom. The predicted octanol–water partition coefficient (Wildman–Crippen LogP) is 2.99. The van der Waals surface area contributed by atoms with Crippen LogP contribution in [0.25, 0.3) is 10.9 Å². The molecular formula is C20H24N4O3S. The van der Waals surface area contributed by atoms with Gasteiger partial charge in [0, 0.05) is 22.4 Å². The summed E-state index contributed by atoms with van der Waals surface area (Å²) in [5, 5.41) is 9.78. The Balaban J connectivity index is 1.91. The Morgan fingerprint density at radius 1 is 1.21 bits per heavy atom. The molecule has 0 radical (unpaired) electrons. The van der Waals surface area contributed by atoms with Crippen LogP contribution in [0.2, 0.25) is 0 Å². The van der Waals surface area contributed by atoms with Crippen LogP contribution >= 0.6 is 0 Å². The van der Waals surface area contributed by atoms with Gasteiger partial charge in [-0.2, -0.15) is 0 Å². The molecule has 28 heavy (non-hydrogen) atoms. The van der Waals surface area contributed by atoms with Crippen LogP contribution in [0.3, 0.4) is 0 Å². The fraction of sp³-hybridized carbons (Fsp3) is 0.250. The Morgan fingerprint density at radius 2 is 2.00 bits per heavy atom. The van der Waals surface area contributed by atoms with E-state index in [2.05, 4.69) is 21.2 Å². The Hall–Kier alpha value is -2.84. The molecule has 3 N–H and O–H groups in total. The van der Waals surface area contributed by atoms with Gasteiger partial charge < -0.3 is 14.8 Å². The summed E-state index contributed by atoms with van der Waals surface area (Å²) >= 11 is 0. The van der Waals surface area contributed by atoms with Gasteiger partial charge in [0.25, 0.3) is 0 Å². The average molecular weight is 401 g/mol. The van der Waals surface area contributed by atoms with Crippen molar-refractivity contribution in [3.05, 3.63) is 48.3 Å². The molecule has 0 saturated carbocycles. The first-order chi connectivity index (χ1) is 13.3. The average Bonchev–Trinajstić information content (AvgIpc) is 2.65. The normalized spacial score (nSPS) is 13.3. The number of rotatable bonds is 7. The molecule has 1 atom stereocenters. The molecule has 1 aromatic heterocycles. The molecule has 0 bridgehead atoms. The lowest BCUT2D eigenvalue weighted by Crippen LogP contribution is -2.12. The Labute approximate surface area is 165 Å². The van der Waals surface area contributed by atoms with Crippen molar-refractivity contribution < 1.29 is 13.7 Å². The second-order valence-corrected chi connectivity index (χ2v) is 8.63. The molecule has 3 rings (SSSR count). The van der Waals surface area contributed by atoms with E-state index in [1.54, 1.807) is 25.3 Å². The number of fused-ring (bicyclic) bond motifs is 1. The SMILES string of the molecule is C=S(N)(=O)c1cccc(COc2cc3ncnc(NC(C)C)c3cc2OC)c1. The van der Waals surface area contributed by atoms with Gasteiger partial charge in [-0.1, -0.05) is 12.1 Å². The first-order valence-electron chi connectivity index (χ1n) is 8.74. The molecule has 0 amide bonds. The number of hydrogen-bond acceptors (Lipinski definition) is 6. The highest BCUT2D eigenvalue weighted by Crippen LogP contribution is 2.34. The quantitative estimate of drug-likeness (QED) is 0.592. The summed E-state index contributed by atoms with van der Waals surface area (Å²) in [6.07, 6.45) is 1.51. The number of nitrogens with zero attached hydrogens (tertiary/aromatic N) is 2. The van der Waals surface area contributed by atoms with E-state index in [-0.39, 0.29) is 12.6 Å². The number of anilines is 1. The topological polar surface area (TPSA) is 99.4 Å². The molecule has 7 nitrogen and oxygen atoms in total. The summed E-state index contributed by atoms with van der Waals surface area (Å²) in [5.41, 5.74) is 1.57. The molecule has 148 valence electrons. The second-order valence-electron chi connectivity index (χ2n) is 6.70. The van der Waals surface area contributed by atoms with Crippen LogP contribution in [0.5, 0.6) is 11.5 Å². The first-order valence-corrected chi connectivity index (χ1v) is 10.5. The van der Waals surface area contributed by atoms with Gasteiger partial charge in [0.2, 0.25) is 0 Å². The second kappa shape index (κ2) is 8.04. The van der Waals surface area contributed by atoms with Gasteiger partial charge in [0.15, 0.2) is 11.5 Å². The number of nitrogens with two attached hydrogens (primary N) is 1. The monoisotopic (exact) mass is 400 g/mol. The van der Waals surface area contributed by atoms with E-state index in [1.807, 2.05) is 32.0 Å². The summed E-state index contributed by atoms with van der Waals surface area (Å²) < 4.78 is 23.4. The van der Waals surface area contributed by atoms with E-state index in [4.69, 9.17) is 14.6 Å². The summed E-state index contributed by atoms with van der Waals surface area (Å²) in [4.78, 5) is 9.13. The van der Waals surface area contributed by atoms with E-state index < -0.39 is 9.71 Å². The van der Waals surface area contributed by atoms with Gasteiger partial charge in [0.05, 0.1) is 22.3 Å². The van der Waals surface area contributed by atoms with Crippen molar-refractivity contribution in [1.82, 2.24) is 9.97 Å². The minimum absolute atomic E-state index is 0.234. The van der Waals surface area contributed by atoms with Crippen LogP contribution in [0.1, 0.15) is 19.4 Å². The fourth-order valence-electron chi connectivity index (χ4n) is 2.74. The summed E-state index contributed by atoms with van der Waals surface area (Å²) in [5.74, 6) is 5.38. The molecular weight excluding hydrogens is 376 g/mol. The summed E-state index contributed by atoms with van der Waals surface area (Å²) in [6, 6.07) is 11.0. The maximum Gasteiger partial charge on any atom is 0.163 e. The molecule has 0 aliphatic heterocycles. The van der Waals surface area contributed by atoms with Crippen molar-refractivity contribution in [3.63, 3.8) is 0 Å². The molecule has 0 saturated heterocycles. The lowest BCUT2D eigenvalue weighted by Gasteiger charge is -2.15. The minimum Gasteiger partial charge on any atom is -0.493 e. The number of ether oxygens (including phenoxy) is 2. The molecule has 1 unspecified atom stereocenters. The Kier molecular flexibility index (Phi) is 5.71. The number of nitrogens with one attached hydrogen (secondary N) is 1.